The fourth-order valence-corrected chi connectivity index (χ4v) is 3.58. The minimum Gasteiger partial charge on any atom is -0.354 e. The Morgan fingerprint density at radius 2 is 1.60 bits per heavy atom. The first-order chi connectivity index (χ1) is 14.2. The van der Waals surface area contributed by atoms with E-state index in [4.69, 9.17) is 0 Å². The molecule has 0 aliphatic rings. The molecule has 0 aliphatic carbocycles. The Morgan fingerprint density at radius 1 is 1.00 bits per heavy atom. The minimum absolute atomic E-state index is 0.115. The molecule has 0 bridgehead atoms. The van der Waals surface area contributed by atoms with Crippen molar-refractivity contribution in [3.8, 4) is 0 Å². The maximum atomic E-state index is 13.3. The largest absolute Gasteiger partial charge is 0.354 e. The van der Waals surface area contributed by atoms with E-state index in [0.29, 0.717) is 18.9 Å². The number of nitrogens with zero attached hydrogens (tertiary/aromatic N) is 1. The number of carbonyl (C=O) groups is 2. The Kier molecular flexibility index (Phi) is 8.58. The van der Waals surface area contributed by atoms with Crippen molar-refractivity contribution in [2.75, 3.05) is 6.54 Å². The highest BCUT2D eigenvalue weighted by Gasteiger charge is 2.28. The summed E-state index contributed by atoms with van der Waals surface area (Å²) in [4.78, 5) is 27.8. The van der Waals surface area contributed by atoms with Crippen LogP contribution in [-0.2, 0) is 22.6 Å². The number of benzene rings is 2. The van der Waals surface area contributed by atoms with Gasteiger partial charge in [0.05, 0.1) is 6.42 Å². The SMILES string of the molecule is CC[C@@H](C(=O)NCC(C)C)N(Cc1ccc(F)cc1)C(=O)Cc1cc(C)cc(C)c1. The molecule has 2 aromatic rings. The predicted molar refractivity (Wildman–Crippen MR) is 118 cm³/mol. The molecule has 4 nitrogen and oxygen atoms in total. The second-order valence-corrected chi connectivity index (χ2v) is 8.38. The predicted octanol–water partition coefficient (Wildman–Crippen LogP) is 4.56. The molecule has 0 aromatic heterocycles. The van der Waals surface area contributed by atoms with Crippen LogP contribution in [0.3, 0.4) is 0 Å². The van der Waals surface area contributed by atoms with Crippen molar-refractivity contribution in [3.05, 3.63) is 70.5 Å². The van der Waals surface area contributed by atoms with Crippen molar-refractivity contribution < 1.29 is 14.0 Å². The Hall–Kier alpha value is -2.69. The Morgan fingerprint density at radius 3 is 2.13 bits per heavy atom. The number of rotatable bonds is 9. The summed E-state index contributed by atoms with van der Waals surface area (Å²) in [6.45, 7) is 10.8. The van der Waals surface area contributed by atoms with Gasteiger partial charge < -0.3 is 10.2 Å². The first kappa shape index (κ1) is 23.6. The average Bonchev–Trinajstić information content (AvgIpc) is 2.66. The third kappa shape index (κ3) is 6.97. The van der Waals surface area contributed by atoms with E-state index in [-0.39, 0.29) is 30.6 Å². The van der Waals surface area contributed by atoms with E-state index in [1.165, 1.54) is 12.1 Å². The van der Waals surface area contributed by atoms with Crippen molar-refractivity contribution in [3.63, 3.8) is 0 Å². The first-order valence-corrected chi connectivity index (χ1v) is 10.6. The maximum absolute atomic E-state index is 13.3. The number of nitrogens with one attached hydrogen (secondary N) is 1. The van der Waals surface area contributed by atoms with Gasteiger partial charge in [0, 0.05) is 13.1 Å². The summed E-state index contributed by atoms with van der Waals surface area (Å²) in [5.74, 6) is -0.269. The Labute approximate surface area is 179 Å². The third-order valence-corrected chi connectivity index (χ3v) is 4.97. The second kappa shape index (κ2) is 10.9. The second-order valence-electron chi connectivity index (χ2n) is 8.38. The molecule has 1 atom stereocenters. The van der Waals surface area contributed by atoms with Gasteiger partial charge in [-0.25, -0.2) is 4.39 Å². The lowest BCUT2D eigenvalue weighted by atomic mass is 10.0. The normalized spacial score (nSPS) is 12.0. The number of carbonyl (C=O) groups excluding carboxylic acids is 2. The van der Waals surface area contributed by atoms with Crippen LogP contribution in [-0.4, -0.2) is 29.3 Å². The lowest BCUT2D eigenvalue weighted by Crippen LogP contribution is -2.50. The van der Waals surface area contributed by atoms with Crippen molar-refractivity contribution in [1.29, 1.82) is 0 Å². The molecule has 0 fully saturated rings. The molecule has 2 aromatic carbocycles. The molecule has 2 rings (SSSR count). The highest BCUT2D eigenvalue weighted by molar-refractivity contribution is 5.88. The van der Waals surface area contributed by atoms with E-state index in [9.17, 15) is 14.0 Å². The summed E-state index contributed by atoms with van der Waals surface area (Å²) < 4.78 is 13.3. The van der Waals surface area contributed by atoms with Crippen molar-refractivity contribution >= 4 is 11.8 Å². The minimum atomic E-state index is -0.577. The Balaban J connectivity index is 2.29. The van der Waals surface area contributed by atoms with Crippen LogP contribution in [0.4, 0.5) is 4.39 Å². The van der Waals surface area contributed by atoms with Crippen LogP contribution in [0.1, 0.15) is 49.4 Å². The summed E-state index contributed by atoms with van der Waals surface area (Å²) in [6, 6.07) is 11.6. The van der Waals surface area contributed by atoms with Gasteiger partial charge in [-0.1, -0.05) is 62.2 Å². The smallest absolute Gasteiger partial charge is 0.242 e. The molecule has 5 heteroatoms. The number of halogens is 1. The standard InChI is InChI=1S/C25H33FN2O2/c1-6-23(25(30)27-15-17(2)3)28(16-20-7-9-22(26)10-8-20)24(29)14-21-12-18(4)11-19(5)13-21/h7-13,17,23H,6,14-16H2,1-5H3,(H,27,30)/t23-/m0/s1. The van der Waals surface area contributed by atoms with Gasteiger partial charge in [0.1, 0.15) is 11.9 Å². The molecule has 0 saturated heterocycles. The van der Waals surface area contributed by atoms with E-state index < -0.39 is 6.04 Å². The van der Waals surface area contributed by atoms with E-state index in [1.807, 2.05) is 46.8 Å². The quantitative estimate of drug-likeness (QED) is 0.656. The van der Waals surface area contributed by atoms with E-state index in [2.05, 4.69) is 11.4 Å². The van der Waals surface area contributed by atoms with Crippen LogP contribution in [0.15, 0.2) is 42.5 Å². The summed E-state index contributed by atoms with van der Waals surface area (Å²) in [5, 5.41) is 2.95. The van der Waals surface area contributed by atoms with Crippen molar-refractivity contribution in [2.24, 2.45) is 5.92 Å². The fraction of sp³-hybridized carbons (Fsp3) is 0.440. The number of aryl methyl sites for hydroxylation is 2. The van der Waals surface area contributed by atoms with Gasteiger partial charge in [-0.3, -0.25) is 9.59 Å². The monoisotopic (exact) mass is 412 g/mol. The van der Waals surface area contributed by atoms with E-state index in [0.717, 1.165) is 22.3 Å². The van der Waals surface area contributed by atoms with Gasteiger partial charge in [-0.15, -0.1) is 0 Å². The molecular formula is C25H33FN2O2. The molecule has 0 aliphatic heterocycles. The molecule has 2 amide bonds. The van der Waals surface area contributed by atoms with Crippen LogP contribution in [0, 0.1) is 25.6 Å². The fourth-order valence-electron chi connectivity index (χ4n) is 3.58. The number of hydrogen-bond donors (Lipinski definition) is 1. The molecule has 0 saturated carbocycles. The first-order valence-electron chi connectivity index (χ1n) is 10.6. The van der Waals surface area contributed by atoms with Gasteiger partial charge in [-0.2, -0.15) is 0 Å². The van der Waals surface area contributed by atoms with Crippen LogP contribution in [0.5, 0.6) is 0 Å². The highest BCUT2D eigenvalue weighted by atomic mass is 19.1. The summed E-state index contributed by atoms with van der Waals surface area (Å²) in [7, 11) is 0. The van der Waals surface area contributed by atoms with Crippen molar-refractivity contribution in [1.82, 2.24) is 10.2 Å². The third-order valence-electron chi connectivity index (χ3n) is 4.97. The topological polar surface area (TPSA) is 49.4 Å². The molecule has 0 heterocycles. The van der Waals surface area contributed by atoms with Crippen molar-refractivity contribution in [2.45, 2.75) is 60.0 Å². The van der Waals surface area contributed by atoms with Crippen LogP contribution >= 0.6 is 0 Å². The van der Waals surface area contributed by atoms with Gasteiger partial charge in [0.25, 0.3) is 0 Å². The van der Waals surface area contributed by atoms with Gasteiger partial charge >= 0.3 is 0 Å². The zero-order valence-electron chi connectivity index (χ0n) is 18.7. The van der Waals surface area contributed by atoms with Crippen LogP contribution < -0.4 is 5.32 Å². The molecule has 0 spiro atoms. The Bertz CT molecular complexity index is 842. The molecule has 0 radical (unpaired) electrons. The number of amides is 2. The van der Waals surface area contributed by atoms with Crippen LogP contribution in [0.25, 0.3) is 0 Å². The summed E-state index contributed by atoms with van der Waals surface area (Å²) in [6.07, 6.45) is 0.724. The summed E-state index contributed by atoms with van der Waals surface area (Å²) >= 11 is 0. The molecule has 0 unspecified atom stereocenters. The van der Waals surface area contributed by atoms with Gasteiger partial charge in [-0.05, 0) is 49.4 Å². The lowest BCUT2D eigenvalue weighted by Gasteiger charge is -2.31. The molecule has 162 valence electrons. The van der Waals surface area contributed by atoms with E-state index >= 15 is 0 Å². The lowest BCUT2D eigenvalue weighted by molar-refractivity contribution is -0.141. The average molecular weight is 413 g/mol. The molecular weight excluding hydrogens is 379 g/mol. The molecule has 30 heavy (non-hydrogen) atoms. The van der Waals surface area contributed by atoms with Gasteiger partial charge in [0.2, 0.25) is 11.8 Å². The zero-order chi connectivity index (χ0) is 22.3. The van der Waals surface area contributed by atoms with E-state index in [1.54, 1.807) is 17.0 Å². The molecule has 1 N–H and O–H groups in total. The number of hydrogen-bond acceptors (Lipinski definition) is 2. The highest BCUT2D eigenvalue weighted by Crippen LogP contribution is 2.17. The summed E-state index contributed by atoms with van der Waals surface area (Å²) in [5.41, 5.74) is 3.92. The van der Waals surface area contributed by atoms with Crippen LogP contribution in [0.2, 0.25) is 0 Å². The van der Waals surface area contributed by atoms with Gasteiger partial charge in [0.15, 0.2) is 0 Å². The zero-order valence-corrected chi connectivity index (χ0v) is 18.7. The maximum Gasteiger partial charge on any atom is 0.242 e.